The Morgan fingerprint density at radius 2 is 1.56 bits per heavy atom. The second-order valence-electron chi connectivity index (χ2n) is 4.96. The van der Waals surface area contributed by atoms with Gasteiger partial charge in [0.1, 0.15) is 0 Å². The van der Waals surface area contributed by atoms with Gasteiger partial charge >= 0.3 is 10.2 Å². The number of rotatable bonds is 2. The molecular formula is C12H21N3O2S. The van der Waals surface area contributed by atoms with Crippen LogP contribution in [0.3, 0.4) is 0 Å². The van der Waals surface area contributed by atoms with Crippen LogP contribution in [0.1, 0.15) is 42.6 Å². The van der Waals surface area contributed by atoms with Gasteiger partial charge in [-0.3, -0.25) is 0 Å². The smallest absolute Gasteiger partial charge is 0.187 e. The summed E-state index contributed by atoms with van der Waals surface area (Å²) in [4.78, 5) is 0. The summed E-state index contributed by atoms with van der Waals surface area (Å²) in [6, 6.07) is 0. The van der Waals surface area contributed by atoms with Crippen molar-refractivity contribution in [2.75, 3.05) is 13.1 Å². The molecule has 102 valence electrons. The van der Waals surface area contributed by atoms with Crippen molar-refractivity contribution in [3.63, 3.8) is 0 Å². The molecule has 1 aromatic rings. The van der Waals surface area contributed by atoms with Gasteiger partial charge in [0, 0.05) is 13.1 Å². The summed E-state index contributed by atoms with van der Waals surface area (Å²) in [6.45, 7) is 6.78. The van der Waals surface area contributed by atoms with Crippen LogP contribution in [0.5, 0.6) is 0 Å². The van der Waals surface area contributed by atoms with Gasteiger partial charge in [-0.05, 0) is 39.2 Å². The molecule has 0 unspecified atom stereocenters. The Hall–Kier alpha value is -0.880. The lowest BCUT2D eigenvalue weighted by Gasteiger charge is -2.20. The van der Waals surface area contributed by atoms with Crippen LogP contribution in [0.15, 0.2) is 0 Å². The molecule has 0 atom stereocenters. The molecule has 1 fully saturated rings. The molecule has 0 aromatic carbocycles. The molecule has 0 N–H and O–H groups in total. The number of hydrogen-bond acceptors (Lipinski definition) is 3. The van der Waals surface area contributed by atoms with Gasteiger partial charge in [-0.1, -0.05) is 12.8 Å². The number of aromatic nitrogens is 2. The zero-order valence-electron chi connectivity index (χ0n) is 11.3. The van der Waals surface area contributed by atoms with Crippen molar-refractivity contribution in [2.45, 2.75) is 46.5 Å². The van der Waals surface area contributed by atoms with E-state index in [0.717, 1.165) is 42.6 Å². The molecule has 0 spiro atoms. The van der Waals surface area contributed by atoms with Crippen molar-refractivity contribution < 1.29 is 8.42 Å². The van der Waals surface area contributed by atoms with E-state index in [1.807, 2.05) is 20.8 Å². The molecule has 0 radical (unpaired) electrons. The molecule has 0 bridgehead atoms. The predicted octanol–water partition coefficient (Wildman–Crippen LogP) is 1.78. The SMILES string of the molecule is Cc1nn(S(=O)(=O)N2CCCCCC2)c(C)c1C. The Morgan fingerprint density at radius 3 is 2.00 bits per heavy atom. The van der Waals surface area contributed by atoms with Gasteiger partial charge in [0.25, 0.3) is 0 Å². The van der Waals surface area contributed by atoms with E-state index in [0.29, 0.717) is 13.1 Å². The van der Waals surface area contributed by atoms with E-state index in [-0.39, 0.29) is 0 Å². The van der Waals surface area contributed by atoms with Crippen molar-refractivity contribution in [2.24, 2.45) is 0 Å². The average Bonchev–Trinajstić information content (AvgIpc) is 2.57. The summed E-state index contributed by atoms with van der Waals surface area (Å²) in [7, 11) is -3.48. The Morgan fingerprint density at radius 1 is 1.00 bits per heavy atom. The summed E-state index contributed by atoms with van der Waals surface area (Å²) >= 11 is 0. The highest BCUT2D eigenvalue weighted by atomic mass is 32.2. The highest BCUT2D eigenvalue weighted by molar-refractivity contribution is 7.87. The van der Waals surface area contributed by atoms with Gasteiger partial charge in [-0.25, -0.2) is 0 Å². The van der Waals surface area contributed by atoms with Gasteiger partial charge in [0.2, 0.25) is 0 Å². The number of aryl methyl sites for hydroxylation is 1. The fourth-order valence-corrected chi connectivity index (χ4v) is 3.94. The fourth-order valence-electron chi connectivity index (χ4n) is 2.30. The van der Waals surface area contributed by atoms with Crippen molar-refractivity contribution >= 4 is 10.2 Å². The van der Waals surface area contributed by atoms with Crippen molar-refractivity contribution in [3.05, 3.63) is 17.0 Å². The van der Waals surface area contributed by atoms with E-state index < -0.39 is 10.2 Å². The van der Waals surface area contributed by atoms with Crippen LogP contribution in [0.2, 0.25) is 0 Å². The number of nitrogens with zero attached hydrogens (tertiary/aromatic N) is 3. The second kappa shape index (κ2) is 5.01. The minimum atomic E-state index is -3.48. The maximum absolute atomic E-state index is 12.6. The first-order valence-electron chi connectivity index (χ1n) is 6.48. The quantitative estimate of drug-likeness (QED) is 0.824. The van der Waals surface area contributed by atoms with Crippen LogP contribution in [-0.2, 0) is 10.2 Å². The third-order valence-electron chi connectivity index (χ3n) is 3.72. The van der Waals surface area contributed by atoms with Crippen LogP contribution in [-0.4, -0.2) is 35.0 Å². The molecule has 0 aliphatic carbocycles. The first-order chi connectivity index (χ1) is 8.44. The highest BCUT2D eigenvalue weighted by Gasteiger charge is 2.27. The Kier molecular flexibility index (Phi) is 3.77. The minimum absolute atomic E-state index is 0.611. The molecule has 2 rings (SSSR count). The van der Waals surface area contributed by atoms with E-state index in [4.69, 9.17) is 0 Å². The van der Waals surface area contributed by atoms with Gasteiger partial charge < -0.3 is 0 Å². The van der Waals surface area contributed by atoms with Crippen molar-refractivity contribution in [3.8, 4) is 0 Å². The largest absolute Gasteiger partial charge is 0.323 e. The third kappa shape index (κ3) is 2.31. The summed E-state index contributed by atoms with van der Waals surface area (Å²) < 4.78 is 27.9. The van der Waals surface area contributed by atoms with Crippen LogP contribution >= 0.6 is 0 Å². The van der Waals surface area contributed by atoms with Crippen molar-refractivity contribution in [1.82, 2.24) is 13.5 Å². The predicted molar refractivity (Wildman–Crippen MR) is 70.8 cm³/mol. The molecule has 5 nitrogen and oxygen atoms in total. The molecule has 2 heterocycles. The van der Waals surface area contributed by atoms with Crippen LogP contribution in [0.25, 0.3) is 0 Å². The van der Waals surface area contributed by atoms with E-state index in [2.05, 4.69) is 5.10 Å². The van der Waals surface area contributed by atoms with Gasteiger partial charge in [-0.2, -0.15) is 17.8 Å². The van der Waals surface area contributed by atoms with E-state index in [1.54, 1.807) is 4.31 Å². The Balaban J connectivity index is 2.37. The molecule has 18 heavy (non-hydrogen) atoms. The zero-order chi connectivity index (χ0) is 13.3. The second-order valence-corrected chi connectivity index (χ2v) is 6.72. The summed E-state index contributed by atoms with van der Waals surface area (Å²) in [6.07, 6.45) is 4.11. The molecule has 1 aromatic heterocycles. The molecule has 0 saturated carbocycles. The van der Waals surface area contributed by atoms with E-state index >= 15 is 0 Å². The normalized spacial score (nSPS) is 18.8. The molecule has 0 amide bonds. The molecule has 6 heteroatoms. The molecule has 1 aliphatic heterocycles. The van der Waals surface area contributed by atoms with Crippen LogP contribution < -0.4 is 0 Å². The highest BCUT2D eigenvalue weighted by Crippen LogP contribution is 2.19. The summed E-state index contributed by atoms with van der Waals surface area (Å²) in [5.74, 6) is 0. The molecular weight excluding hydrogens is 250 g/mol. The van der Waals surface area contributed by atoms with Gasteiger partial charge in [-0.15, -0.1) is 4.09 Å². The topological polar surface area (TPSA) is 55.2 Å². The van der Waals surface area contributed by atoms with Crippen LogP contribution in [0, 0.1) is 20.8 Å². The Labute approximate surface area is 109 Å². The lowest BCUT2D eigenvalue weighted by molar-refractivity contribution is 0.412. The van der Waals surface area contributed by atoms with Crippen LogP contribution in [0.4, 0.5) is 0 Å². The Bertz CT molecular complexity index is 526. The summed E-state index contributed by atoms with van der Waals surface area (Å²) in [5, 5.41) is 4.17. The van der Waals surface area contributed by atoms with E-state index in [9.17, 15) is 8.42 Å². The first kappa shape index (κ1) is 13.5. The monoisotopic (exact) mass is 271 g/mol. The fraction of sp³-hybridized carbons (Fsp3) is 0.750. The van der Waals surface area contributed by atoms with Gasteiger partial charge in [0.05, 0.1) is 11.4 Å². The molecule has 1 saturated heterocycles. The summed E-state index contributed by atoms with van der Waals surface area (Å²) in [5.41, 5.74) is 2.45. The standard InChI is InChI=1S/C12H21N3O2S/c1-10-11(2)13-15(12(10)3)18(16,17)14-8-6-4-5-7-9-14/h4-9H2,1-3H3. The lowest BCUT2D eigenvalue weighted by Crippen LogP contribution is -2.37. The lowest BCUT2D eigenvalue weighted by atomic mass is 10.2. The maximum atomic E-state index is 12.6. The average molecular weight is 271 g/mol. The zero-order valence-corrected chi connectivity index (χ0v) is 12.1. The van der Waals surface area contributed by atoms with E-state index in [1.165, 1.54) is 4.09 Å². The number of hydrogen-bond donors (Lipinski definition) is 0. The first-order valence-corrected chi connectivity index (χ1v) is 7.88. The molecule has 1 aliphatic rings. The maximum Gasteiger partial charge on any atom is 0.323 e. The van der Waals surface area contributed by atoms with Crippen molar-refractivity contribution in [1.29, 1.82) is 0 Å². The minimum Gasteiger partial charge on any atom is -0.187 e. The van der Waals surface area contributed by atoms with Gasteiger partial charge in [0.15, 0.2) is 0 Å². The third-order valence-corrected chi connectivity index (χ3v) is 5.53.